The zero-order valence-corrected chi connectivity index (χ0v) is 11.0. The third-order valence-corrected chi connectivity index (χ3v) is 3.03. The summed E-state index contributed by atoms with van der Waals surface area (Å²) in [5.74, 6) is -1.62. The van der Waals surface area contributed by atoms with Gasteiger partial charge in [0.25, 0.3) is 0 Å². The summed E-state index contributed by atoms with van der Waals surface area (Å²) in [5, 5.41) is 11.9. The van der Waals surface area contributed by atoms with Gasteiger partial charge in [0.05, 0.1) is 0 Å². The van der Waals surface area contributed by atoms with Crippen molar-refractivity contribution < 1.29 is 13.9 Å². The van der Waals surface area contributed by atoms with E-state index in [1.165, 1.54) is 6.07 Å². The fourth-order valence-electron chi connectivity index (χ4n) is 1.78. The fourth-order valence-corrected chi connectivity index (χ4v) is 1.78. The number of nitrogens with one attached hydrogen (secondary N) is 1. The van der Waals surface area contributed by atoms with Crippen molar-refractivity contribution >= 4 is 0 Å². The van der Waals surface area contributed by atoms with Crippen molar-refractivity contribution in [3.8, 4) is 0 Å². The molecule has 2 nitrogen and oxygen atoms in total. The monoisotopic (exact) mass is 257 g/mol. The molecule has 2 N–H and O–H groups in total. The summed E-state index contributed by atoms with van der Waals surface area (Å²) in [6.07, 6.45) is 1.68. The van der Waals surface area contributed by atoms with Gasteiger partial charge < -0.3 is 10.4 Å². The summed E-state index contributed by atoms with van der Waals surface area (Å²) in [6.45, 7) is 5.67. The highest BCUT2D eigenvalue weighted by atomic mass is 19.2. The Bertz CT molecular complexity index is 380. The molecule has 4 heteroatoms. The molecule has 1 rings (SSSR count). The summed E-state index contributed by atoms with van der Waals surface area (Å²) in [5.41, 5.74) is 0.518. The number of hydrogen-bond donors (Lipinski definition) is 2. The molecule has 0 amide bonds. The van der Waals surface area contributed by atoms with E-state index in [-0.39, 0.29) is 12.0 Å². The number of halogens is 2. The molecule has 0 fully saturated rings. The number of aliphatic hydroxyl groups excluding tert-OH is 1. The molecule has 18 heavy (non-hydrogen) atoms. The Hall–Kier alpha value is -1.00. The van der Waals surface area contributed by atoms with Crippen molar-refractivity contribution in [1.29, 1.82) is 0 Å². The molecule has 0 saturated carbocycles. The third kappa shape index (κ3) is 4.35. The zero-order valence-electron chi connectivity index (χ0n) is 11.0. The van der Waals surface area contributed by atoms with E-state index in [0.29, 0.717) is 6.54 Å². The van der Waals surface area contributed by atoms with Gasteiger partial charge in [-0.25, -0.2) is 8.78 Å². The fraction of sp³-hybridized carbons (Fsp3) is 0.571. The highest BCUT2D eigenvalue weighted by Gasteiger charge is 2.21. The summed E-state index contributed by atoms with van der Waals surface area (Å²) < 4.78 is 26.0. The first-order valence-corrected chi connectivity index (χ1v) is 6.24. The van der Waals surface area contributed by atoms with Crippen molar-refractivity contribution in [3.05, 3.63) is 35.4 Å². The molecule has 102 valence electrons. The van der Waals surface area contributed by atoms with Crippen molar-refractivity contribution in [3.63, 3.8) is 0 Å². The molecule has 0 aliphatic heterocycles. The Morgan fingerprint density at radius 1 is 1.17 bits per heavy atom. The maximum atomic E-state index is 13.2. The minimum Gasteiger partial charge on any atom is -0.396 e. The lowest BCUT2D eigenvalue weighted by molar-refractivity contribution is 0.283. The van der Waals surface area contributed by atoms with E-state index in [1.807, 2.05) is 13.8 Å². The maximum absolute atomic E-state index is 13.2. The van der Waals surface area contributed by atoms with Crippen molar-refractivity contribution in [1.82, 2.24) is 5.32 Å². The van der Waals surface area contributed by atoms with Crippen LogP contribution in [0, 0.1) is 11.6 Å². The van der Waals surface area contributed by atoms with Gasteiger partial charge in [-0.2, -0.15) is 0 Å². The number of rotatable bonds is 7. The molecule has 0 aliphatic rings. The molecule has 0 spiro atoms. The second-order valence-corrected chi connectivity index (χ2v) is 5.12. The van der Waals surface area contributed by atoms with Crippen LogP contribution in [0.25, 0.3) is 0 Å². The first-order chi connectivity index (χ1) is 8.47. The van der Waals surface area contributed by atoms with Crippen LogP contribution < -0.4 is 5.32 Å². The molecule has 1 aromatic rings. The molecule has 0 saturated heterocycles. The largest absolute Gasteiger partial charge is 0.396 e. The lowest BCUT2D eigenvalue weighted by Crippen LogP contribution is -2.33. The topological polar surface area (TPSA) is 32.3 Å². The summed E-state index contributed by atoms with van der Waals surface area (Å²) >= 11 is 0. The van der Waals surface area contributed by atoms with E-state index < -0.39 is 11.6 Å². The van der Waals surface area contributed by atoms with Gasteiger partial charge in [0, 0.05) is 18.6 Å². The van der Waals surface area contributed by atoms with Crippen LogP contribution in [0.3, 0.4) is 0 Å². The van der Waals surface area contributed by atoms with Crippen LogP contribution in [0.2, 0.25) is 0 Å². The van der Waals surface area contributed by atoms with E-state index in [9.17, 15) is 8.78 Å². The van der Waals surface area contributed by atoms with Gasteiger partial charge in [-0.1, -0.05) is 19.9 Å². The number of hydrogen-bond acceptors (Lipinski definition) is 2. The number of benzene rings is 1. The normalized spacial score (nSPS) is 11.8. The standard InChI is InChI=1S/C14H21F2NO/c1-14(2,10-17-7-3-4-8-18)11-5-6-12(15)13(16)9-11/h5-6,9,17-18H,3-4,7-8,10H2,1-2H3. The molecule has 0 aliphatic carbocycles. The predicted molar refractivity (Wildman–Crippen MR) is 68.6 cm³/mol. The first kappa shape index (κ1) is 15.1. The minimum absolute atomic E-state index is 0.203. The van der Waals surface area contributed by atoms with Gasteiger partial charge in [0.2, 0.25) is 0 Å². The molecule has 0 unspecified atom stereocenters. The van der Waals surface area contributed by atoms with Gasteiger partial charge in [-0.3, -0.25) is 0 Å². The zero-order chi connectivity index (χ0) is 13.6. The first-order valence-electron chi connectivity index (χ1n) is 6.24. The lowest BCUT2D eigenvalue weighted by atomic mass is 9.84. The maximum Gasteiger partial charge on any atom is 0.159 e. The summed E-state index contributed by atoms with van der Waals surface area (Å²) in [4.78, 5) is 0. The molecule has 0 heterocycles. The highest BCUT2D eigenvalue weighted by Crippen LogP contribution is 2.23. The molecule has 0 radical (unpaired) electrons. The van der Waals surface area contributed by atoms with Crippen LogP contribution in [0.5, 0.6) is 0 Å². The average molecular weight is 257 g/mol. The number of aliphatic hydroxyl groups is 1. The quantitative estimate of drug-likeness (QED) is 0.736. The van der Waals surface area contributed by atoms with Gasteiger partial charge in [0.15, 0.2) is 11.6 Å². The second-order valence-electron chi connectivity index (χ2n) is 5.12. The predicted octanol–water partition coefficient (Wildman–Crippen LogP) is 2.60. The van der Waals surface area contributed by atoms with E-state index in [0.717, 1.165) is 31.0 Å². The Balaban J connectivity index is 2.54. The van der Waals surface area contributed by atoms with Gasteiger partial charge in [0.1, 0.15) is 0 Å². The van der Waals surface area contributed by atoms with Gasteiger partial charge in [-0.05, 0) is 37.1 Å². The Morgan fingerprint density at radius 2 is 1.89 bits per heavy atom. The smallest absolute Gasteiger partial charge is 0.159 e. The van der Waals surface area contributed by atoms with Crippen LogP contribution in [-0.4, -0.2) is 24.8 Å². The van der Waals surface area contributed by atoms with Crippen LogP contribution in [0.15, 0.2) is 18.2 Å². The van der Waals surface area contributed by atoms with Crippen molar-refractivity contribution in [2.45, 2.75) is 32.1 Å². The van der Waals surface area contributed by atoms with E-state index in [2.05, 4.69) is 5.32 Å². The summed E-state index contributed by atoms with van der Waals surface area (Å²) in [7, 11) is 0. The Morgan fingerprint density at radius 3 is 2.50 bits per heavy atom. The lowest BCUT2D eigenvalue weighted by Gasteiger charge is -2.26. The van der Waals surface area contributed by atoms with E-state index >= 15 is 0 Å². The van der Waals surface area contributed by atoms with Crippen LogP contribution >= 0.6 is 0 Å². The average Bonchev–Trinajstić information content (AvgIpc) is 2.32. The molecule has 0 bridgehead atoms. The second kappa shape index (κ2) is 6.81. The Labute approximate surface area is 107 Å². The van der Waals surface area contributed by atoms with Gasteiger partial charge in [-0.15, -0.1) is 0 Å². The molecule has 0 aromatic heterocycles. The number of unbranched alkanes of at least 4 members (excludes halogenated alkanes) is 1. The third-order valence-electron chi connectivity index (χ3n) is 3.03. The van der Waals surface area contributed by atoms with Crippen LogP contribution in [0.4, 0.5) is 8.78 Å². The van der Waals surface area contributed by atoms with E-state index in [4.69, 9.17) is 5.11 Å². The van der Waals surface area contributed by atoms with Crippen LogP contribution in [-0.2, 0) is 5.41 Å². The van der Waals surface area contributed by atoms with E-state index in [1.54, 1.807) is 6.07 Å². The summed E-state index contributed by atoms with van der Waals surface area (Å²) in [6, 6.07) is 4.04. The highest BCUT2D eigenvalue weighted by molar-refractivity contribution is 5.25. The van der Waals surface area contributed by atoms with Crippen molar-refractivity contribution in [2.75, 3.05) is 19.7 Å². The van der Waals surface area contributed by atoms with Gasteiger partial charge >= 0.3 is 0 Å². The molecule has 0 atom stereocenters. The SMILES string of the molecule is CC(C)(CNCCCCO)c1ccc(F)c(F)c1. The molecular formula is C14H21F2NO. The Kier molecular flexibility index (Phi) is 5.69. The molecular weight excluding hydrogens is 236 g/mol. The minimum atomic E-state index is -0.814. The van der Waals surface area contributed by atoms with Crippen LogP contribution in [0.1, 0.15) is 32.3 Å². The van der Waals surface area contributed by atoms with Crippen molar-refractivity contribution in [2.24, 2.45) is 0 Å². The molecule has 1 aromatic carbocycles.